The minimum absolute atomic E-state index is 0.123. The summed E-state index contributed by atoms with van der Waals surface area (Å²) in [7, 11) is 0. The highest BCUT2D eigenvalue weighted by Gasteiger charge is 2.29. The van der Waals surface area contributed by atoms with Crippen LogP contribution in [0.3, 0.4) is 0 Å². The molecule has 1 aromatic heterocycles. The van der Waals surface area contributed by atoms with Crippen molar-refractivity contribution in [1.82, 2.24) is 24.6 Å². The Morgan fingerprint density at radius 3 is 2.76 bits per heavy atom. The van der Waals surface area contributed by atoms with Gasteiger partial charge in [0.2, 0.25) is 11.8 Å². The average molecular weight is 396 g/mol. The summed E-state index contributed by atoms with van der Waals surface area (Å²) in [6, 6.07) is 8.14. The molecule has 2 aliphatic rings. The van der Waals surface area contributed by atoms with E-state index in [1.165, 1.54) is 5.56 Å². The van der Waals surface area contributed by atoms with Gasteiger partial charge in [-0.2, -0.15) is 0 Å². The molecular formula is C22H29N5O2. The Morgan fingerprint density at radius 1 is 1.10 bits per heavy atom. The van der Waals surface area contributed by atoms with Crippen molar-refractivity contribution in [3.8, 4) is 0 Å². The predicted octanol–water partition coefficient (Wildman–Crippen LogP) is 1.94. The van der Waals surface area contributed by atoms with E-state index in [0.29, 0.717) is 32.6 Å². The second-order valence-corrected chi connectivity index (χ2v) is 8.23. The number of carbonyl (C=O) groups excluding carboxylic acids is 2. The maximum absolute atomic E-state index is 12.8. The van der Waals surface area contributed by atoms with E-state index in [1.807, 2.05) is 34.9 Å². The normalized spacial score (nSPS) is 19.6. The quantitative estimate of drug-likeness (QED) is 0.796. The van der Waals surface area contributed by atoms with E-state index in [1.54, 1.807) is 6.92 Å². The summed E-state index contributed by atoms with van der Waals surface area (Å²) in [4.78, 5) is 28.5. The number of hydrogen-bond donors (Lipinski definition) is 0. The van der Waals surface area contributed by atoms with E-state index in [4.69, 9.17) is 0 Å². The van der Waals surface area contributed by atoms with Gasteiger partial charge >= 0.3 is 0 Å². The number of fused-ring (bicyclic) bond motifs is 1. The fourth-order valence-electron chi connectivity index (χ4n) is 4.48. The van der Waals surface area contributed by atoms with Crippen LogP contribution in [-0.4, -0.2) is 62.6 Å². The summed E-state index contributed by atoms with van der Waals surface area (Å²) in [6.07, 6.45) is 3.17. The summed E-state index contributed by atoms with van der Waals surface area (Å²) in [5.74, 6) is 2.43. The molecule has 154 valence electrons. The molecule has 0 N–H and O–H groups in total. The van der Waals surface area contributed by atoms with E-state index < -0.39 is 0 Å². The molecule has 7 nitrogen and oxygen atoms in total. The van der Waals surface area contributed by atoms with Crippen LogP contribution in [0.25, 0.3) is 0 Å². The van der Waals surface area contributed by atoms with Crippen molar-refractivity contribution in [3.63, 3.8) is 0 Å². The molecule has 1 aromatic carbocycles. The standard InChI is InChI=1S/C22H29N5O2/c1-16-5-3-6-18(13-16)14-21(29)25-10-8-20-23-24-22(27(20)12-11-25)19-7-4-9-26(15-19)17(2)28/h3,5-6,13,19H,4,7-12,14-15H2,1-2H3. The second-order valence-electron chi connectivity index (χ2n) is 8.23. The molecule has 1 saturated heterocycles. The van der Waals surface area contributed by atoms with Crippen LogP contribution in [0.1, 0.15) is 48.5 Å². The Bertz CT molecular complexity index is 906. The van der Waals surface area contributed by atoms with Gasteiger partial charge in [0.25, 0.3) is 0 Å². The van der Waals surface area contributed by atoms with E-state index in [-0.39, 0.29) is 17.7 Å². The van der Waals surface area contributed by atoms with Crippen molar-refractivity contribution in [1.29, 1.82) is 0 Å². The molecule has 7 heteroatoms. The van der Waals surface area contributed by atoms with Gasteiger partial charge < -0.3 is 14.4 Å². The lowest BCUT2D eigenvalue weighted by atomic mass is 9.97. The molecule has 4 rings (SSSR count). The second kappa shape index (κ2) is 8.35. The maximum atomic E-state index is 12.8. The van der Waals surface area contributed by atoms with Gasteiger partial charge in [0.05, 0.1) is 6.42 Å². The largest absolute Gasteiger partial charge is 0.342 e. The first-order valence-corrected chi connectivity index (χ1v) is 10.5. The van der Waals surface area contributed by atoms with Crippen LogP contribution in [-0.2, 0) is 29.0 Å². The lowest BCUT2D eigenvalue weighted by Gasteiger charge is -2.31. The molecule has 2 aliphatic heterocycles. The third kappa shape index (κ3) is 4.33. The molecule has 29 heavy (non-hydrogen) atoms. The number of rotatable bonds is 3. The van der Waals surface area contributed by atoms with Crippen molar-refractivity contribution in [2.75, 3.05) is 26.2 Å². The van der Waals surface area contributed by atoms with Gasteiger partial charge in [-0.05, 0) is 25.3 Å². The highest BCUT2D eigenvalue weighted by Crippen LogP contribution is 2.27. The van der Waals surface area contributed by atoms with Gasteiger partial charge in [0.1, 0.15) is 11.6 Å². The number of aromatic nitrogens is 3. The maximum Gasteiger partial charge on any atom is 0.227 e. The van der Waals surface area contributed by atoms with Crippen molar-refractivity contribution in [2.24, 2.45) is 0 Å². The first-order valence-electron chi connectivity index (χ1n) is 10.5. The Balaban J connectivity index is 1.43. The molecule has 0 radical (unpaired) electrons. The Hall–Kier alpha value is -2.70. The van der Waals surface area contributed by atoms with Crippen LogP contribution in [0, 0.1) is 6.92 Å². The Kier molecular flexibility index (Phi) is 5.65. The monoisotopic (exact) mass is 395 g/mol. The summed E-state index contributed by atoms with van der Waals surface area (Å²) < 4.78 is 2.19. The first-order chi connectivity index (χ1) is 14.0. The third-order valence-electron chi connectivity index (χ3n) is 6.08. The summed E-state index contributed by atoms with van der Waals surface area (Å²) in [5, 5.41) is 8.90. The van der Waals surface area contributed by atoms with E-state index >= 15 is 0 Å². The third-order valence-corrected chi connectivity index (χ3v) is 6.08. The van der Waals surface area contributed by atoms with Crippen molar-refractivity contribution < 1.29 is 9.59 Å². The summed E-state index contributed by atoms with van der Waals surface area (Å²) >= 11 is 0. The number of likely N-dealkylation sites (tertiary alicyclic amines) is 1. The summed E-state index contributed by atoms with van der Waals surface area (Å²) in [6.45, 7) is 7.28. The Morgan fingerprint density at radius 2 is 1.97 bits per heavy atom. The fourth-order valence-corrected chi connectivity index (χ4v) is 4.48. The molecule has 0 saturated carbocycles. The van der Waals surface area contributed by atoms with E-state index in [2.05, 4.69) is 20.8 Å². The zero-order valence-corrected chi connectivity index (χ0v) is 17.3. The van der Waals surface area contributed by atoms with Crippen molar-refractivity contribution in [3.05, 3.63) is 47.0 Å². The van der Waals surface area contributed by atoms with Crippen LogP contribution in [0.2, 0.25) is 0 Å². The minimum Gasteiger partial charge on any atom is -0.342 e. The number of nitrogens with zero attached hydrogens (tertiary/aromatic N) is 5. The number of aryl methyl sites for hydroxylation is 1. The number of piperidine rings is 1. The molecular weight excluding hydrogens is 366 g/mol. The molecule has 0 bridgehead atoms. The van der Waals surface area contributed by atoms with Gasteiger partial charge in [-0.1, -0.05) is 29.8 Å². The molecule has 2 aromatic rings. The van der Waals surface area contributed by atoms with Crippen LogP contribution in [0.5, 0.6) is 0 Å². The molecule has 2 amide bonds. The van der Waals surface area contributed by atoms with Crippen LogP contribution in [0.4, 0.5) is 0 Å². The molecule has 1 unspecified atom stereocenters. The lowest BCUT2D eigenvalue weighted by molar-refractivity contribution is -0.131. The molecule has 0 spiro atoms. The SMILES string of the molecule is CC(=O)N1CCCC(c2nnc3n2CCN(C(=O)Cc2cccc(C)c2)CC3)C1. The highest BCUT2D eigenvalue weighted by atomic mass is 16.2. The zero-order valence-electron chi connectivity index (χ0n) is 17.3. The summed E-state index contributed by atoms with van der Waals surface area (Å²) in [5.41, 5.74) is 2.24. The van der Waals surface area contributed by atoms with Gasteiger partial charge in [0.15, 0.2) is 0 Å². The molecule has 1 atom stereocenters. The lowest BCUT2D eigenvalue weighted by Crippen LogP contribution is -2.38. The van der Waals surface area contributed by atoms with Crippen LogP contribution >= 0.6 is 0 Å². The van der Waals surface area contributed by atoms with E-state index in [9.17, 15) is 9.59 Å². The number of hydrogen-bond acceptors (Lipinski definition) is 4. The topological polar surface area (TPSA) is 71.3 Å². The highest BCUT2D eigenvalue weighted by molar-refractivity contribution is 5.78. The van der Waals surface area contributed by atoms with Gasteiger partial charge in [-0.15, -0.1) is 10.2 Å². The van der Waals surface area contributed by atoms with Crippen LogP contribution < -0.4 is 0 Å². The molecule has 1 fully saturated rings. The van der Waals surface area contributed by atoms with Gasteiger partial charge in [-0.3, -0.25) is 9.59 Å². The number of amides is 2. The van der Waals surface area contributed by atoms with Crippen molar-refractivity contribution >= 4 is 11.8 Å². The molecule has 0 aliphatic carbocycles. The minimum atomic E-state index is 0.123. The van der Waals surface area contributed by atoms with Gasteiger partial charge in [-0.25, -0.2) is 0 Å². The first kappa shape index (κ1) is 19.6. The van der Waals surface area contributed by atoms with Crippen molar-refractivity contribution in [2.45, 2.75) is 52.0 Å². The Labute approximate surface area is 171 Å². The number of carbonyl (C=O) groups is 2. The van der Waals surface area contributed by atoms with E-state index in [0.717, 1.165) is 43.0 Å². The smallest absolute Gasteiger partial charge is 0.227 e. The zero-order chi connectivity index (χ0) is 20.4. The predicted molar refractivity (Wildman–Crippen MR) is 109 cm³/mol. The number of benzene rings is 1. The van der Waals surface area contributed by atoms with Crippen LogP contribution in [0.15, 0.2) is 24.3 Å². The average Bonchev–Trinajstić information content (AvgIpc) is 2.99. The van der Waals surface area contributed by atoms with Gasteiger partial charge in [0, 0.05) is 52.0 Å². The molecule has 3 heterocycles. The fraction of sp³-hybridized carbons (Fsp3) is 0.545.